The summed E-state index contributed by atoms with van der Waals surface area (Å²) >= 11 is 0. The van der Waals surface area contributed by atoms with Crippen LogP contribution in [0.3, 0.4) is 0 Å². The Kier molecular flexibility index (Phi) is 4.28. The van der Waals surface area contributed by atoms with Gasteiger partial charge in [0, 0.05) is 12.5 Å². The Labute approximate surface area is 119 Å². The van der Waals surface area contributed by atoms with Crippen LogP contribution in [0.2, 0.25) is 0 Å². The van der Waals surface area contributed by atoms with Crippen LogP contribution in [0.4, 0.5) is 0 Å². The zero-order valence-corrected chi connectivity index (χ0v) is 12.2. The van der Waals surface area contributed by atoms with E-state index < -0.39 is 0 Å². The fraction of sp³-hybridized carbons (Fsp3) is 0.353. The average molecular weight is 271 g/mol. The molecule has 0 aliphatic carbocycles. The van der Waals surface area contributed by atoms with Gasteiger partial charge in [0.2, 0.25) is 5.91 Å². The first kappa shape index (κ1) is 14.4. The van der Waals surface area contributed by atoms with Crippen LogP contribution in [0.15, 0.2) is 36.4 Å². The molecule has 0 spiro atoms. The summed E-state index contributed by atoms with van der Waals surface area (Å²) < 4.78 is 0. The fourth-order valence-corrected chi connectivity index (χ4v) is 2.62. The highest BCUT2D eigenvalue weighted by molar-refractivity contribution is 5.88. The molecule has 2 N–H and O–H groups in total. The van der Waals surface area contributed by atoms with E-state index >= 15 is 0 Å². The van der Waals surface area contributed by atoms with E-state index in [1.165, 1.54) is 6.92 Å². The molecule has 2 rings (SSSR count). The maximum atomic E-state index is 11.5. The summed E-state index contributed by atoms with van der Waals surface area (Å²) in [7, 11) is 0. The first-order valence-electron chi connectivity index (χ1n) is 6.96. The maximum absolute atomic E-state index is 11.5. The molecule has 2 aromatic rings. The molecule has 0 heterocycles. The van der Waals surface area contributed by atoms with Crippen molar-refractivity contribution in [1.29, 1.82) is 0 Å². The molecule has 106 valence electrons. The highest BCUT2D eigenvalue weighted by atomic mass is 16.3. The molecule has 0 saturated heterocycles. The number of hydrogen-bond donors (Lipinski definition) is 2. The van der Waals surface area contributed by atoms with E-state index in [-0.39, 0.29) is 17.7 Å². The minimum absolute atomic E-state index is 0.0806. The Morgan fingerprint density at radius 3 is 2.55 bits per heavy atom. The van der Waals surface area contributed by atoms with Crippen molar-refractivity contribution in [3.63, 3.8) is 0 Å². The lowest BCUT2D eigenvalue weighted by Gasteiger charge is -2.23. The van der Waals surface area contributed by atoms with E-state index in [0.717, 1.165) is 22.8 Å². The first-order chi connectivity index (χ1) is 9.49. The Morgan fingerprint density at radius 1 is 1.20 bits per heavy atom. The standard InChI is InChI=1S/C17H21NO2/c1-11(2)10-15(18-12(3)19)17-14-7-5-4-6-13(14)8-9-16(17)20/h4-9,11,15,20H,10H2,1-3H3,(H,18,19). The molecule has 1 amide bonds. The summed E-state index contributed by atoms with van der Waals surface area (Å²) in [5.74, 6) is 0.580. The first-order valence-corrected chi connectivity index (χ1v) is 6.96. The quantitative estimate of drug-likeness (QED) is 0.889. The summed E-state index contributed by atoms with van der Waals surface area (Å²) in [4.78, 5) is 11.5. The number of hydrogen-bond acceptors (Lipinski definition) is 2. The van der Waals surface area contributed by atoms with E-state index in [0.29, 0.717) is 5.92 Å². The number of nitrogens with one attached hydrogen (secondary N) is 1. The van der Waals surface area contributed by atoms with Crippen molar-refractivity contribution in [3.05, 3.63) is 42.0 Å². The smallest absolute Gasteiger partial charge is 0.217 e. The van der Waals surface area contributed by atoms with E-state index in [9.17, 15) is 9.90 Å². The van der Waals surface area contributed by atoms with Gasteiger partial charge in [0.05, 0.1) is 6.04 Å². The molecule has 0 bridgehead atoms. The number of rotatable bonds is 4. The van der Waals surface area contributed by atoms with Crippen LogP contribution in [0.5, 0.6) is 5.75 Å². The average Bonchev–Trinajstić information content (AvgIpc) is 2.36. The van der Waals surface area contributed by atoms with Gasteiger partial charge in [-0.25, -0.2) is 0 Å². The largest absolute Gasteiger partial charge is 0.508 e. The second kappa shape index (κ2) is 5.95. The predicted molar refractivity (Wildman–Crippen MR) is 81.6 cm³/mol. The number of carbonyl (C=O) groups is 1. The number of phenolic OH excluding ortho intramolecular Hbond substituents is 1. The Balaban J connectivity index is 2.56. The third-order valence-corrected chi connectivity index (χ3v) is 3.38. The summed E-state index contributed by atoms with van der Waals surface area (Å²) in [5, 5.41) is 15.3. The molecule has 0 aliphatic heterocycles. The summed E-state index contributed by atoms with van der Waals surface area (Å²) in [5.41, 5.74) is 0.812. The van der Waals surface area contributed by atoms with Gasteiger partial charge in [-0.2, -0.15) is 0 Å². The number of benzene rings is 2. The van der Waals surface area contributed by atoms with Crippen molar-refractivity contribution in [2.24, 2.45) is 5.92 Å². The summed E-state index contributed by atoms with van der Waals surface area (Å²) in [6.45, 7) is 5.73. The van der Waals surface area contributed by atoms with Gasteiger partial charge in [-0.15, -0.1) is 0 Å². The van der Waals surface area contributed by atoms with Crippen LogP contribution in [0.1, 0.15) is 38.8 Å². The van der Waals surface area contributed by atoms with Crippen molar-refractivity contribution in [2.45, 2.75) is 33.2 Å². The summed E-state index contributed by atoms with van der Waals surface area (Å²) in [6.07, 6.45) is 0.793. The lowest BCUT2D eigenvalue weighted by atomic mass is 9.92. The molecule has 0 saturated carbocycles. The minimum Gasteiger partial charge on any atom is -0.508 e. The van der Waals surface area contributed by atoms with Crippen molar-refractivity contribution in [1.82, 2.24) is 5.32 Å². The Hall–Kier alpha value is -2.03. The molecule has 1 atom stereocenters. The Morgan fingerprint density at radius 2 is 1.90 bits per heavy atom. The zero-order valence-electron chi connectivity index (χ0n) is 12.2. The van der Waals surface area contributed by atoms with Crippen LogP contribution < -0.4 is 5.32 Å². The predicted octanol–water partition coefficient (Wildman–Crippen LogP) is 3.77. The molecule has 20 heavy (non-hydrogen) atoms. The lowest BCUT2D eigenvalue weighted by Crippen LogP contribution is -2.27. The molecular weight excluding hydrogens is 250 g/mol. The van der Waals surface area contributed by atoms with Crippen molar-refractivity contribution in [2.75, 3.05) is 0 Å². The molecule has 1 unspecified atom stereocenters. The van der Waals surface area contributed by atoms with Gasteiger partial charge >= 0.3 is 0 Å². The monoisotopic (exact) mass is 271 g/mol. The van der Waals surface area contributed by atoms with Gasteiger partial charge in [-0.1, -0.05) is 44.2 Å². The van der Waals surface area contributed by atoms with Crippen molar-refractivity contribution in [3.8, 4) is 5.75 Å². The van der Waals surface area contributed by atoms with Crippen molar-refractivity contribution >= 4 is 16.7 Å². The number of aromatic hydroxyl groups is 1. The number of fused-ring (bicyclic) bond motifs is 1. The number of phenols is 1. The SMILES string of the molecule is CC(=O)NC(CC(C)C)c1c(O)ccc2ccccc12. The highest BCUT2D eigenvalue weighted by Crippen LogP contribution is 2.35. The molecule has 3 nitrogen and oxygen atoms in total. The van der Waals surface area contributed by atoms with Gasteiger partial charge in [0.25, 0.3) is 0 Å². The lowest BCUT2D eigenvalue weighted by molar-refractivity contribution is -0.119. The van der Waals surface area contributed by atoms with Crippen LogP contribution in [-0.2, 0) is 4.79 Å². The van der Waals surface area contributed by atoms with Crippen molar-refractivity contribution < 1.29 is 9.90 Å². The van der Waals surface area contributed by atoms with E-state index in [4.69, 9.17) is 0 Å². The normalized spacial score (nSPS) is 12.6. The molecular formula is C17H21NO2. The summed E-state index contributed by atoms with van der Waals surface area (Å²) in [6, 6.07) is 11.3. The fourth-order valence-electron chi connectivity index (χ4n) is 2.62. The second-order valence-corrected chi connectivity index (χ2v) is 5.60. The van der Waals surface area contributed by atoms with Crippen LogP contribution in [-0.4, -0.2) is 11.0 Å². The van der Waals surface area contributed by atoms with Gasteiger partial charge in [0.15, 0.2) is 0 Å². The minimum atomic E-state index is -0.168. The van der Waals surface area contributed by atoms with Crippen LogP contribution in [0.25, 0.3) is 10.8 Å². The molecule has 0 aliphatic rings. The third-order valence-electron chi connectivity index (χ3n) is 3.38. The molecule has 0 radical (unpaired) electrons. The zero-order chi connectivity index (χ0) is 14.7. The van der Waals surface area contributed by atoms with Gasteiger partial charge < -0.3 is 10.4 Å². The molecule has 0 fully saturated rings. The molecule has 3 heteroatoms. The van der Waals surface area contributed by atoms with E-state index in [2.05, 4.69) is 19.2 Å². The maximum Gasteiger partial charge on any atom is 0.217 e. The Bertz CT molecular complexity index is 619. The van der Waals surface area contributed by atoms with Crippen LogP contribution in [0, 0.1) is 5.92 Å². The highest BCUT2D eigenvalue weighted by Gasteiger charge is 2.20. The van der Waals surface area contributed by atoms with E-state index in [1.54, 1.807) is 6.07 Å². The number of carbonyl (C=O) groups excluding carboxylic acids is 1. The molecule has 0 aromatic heterocycles. The number of amides is 1. The van der Waals surface area contributed by atoms with Crippen LogP contribution >= 0.6 is 0 Å². The topological polar surface area (TPSA) is 49.3 Å². The van der Waals surface area contributed by atoms with Gasteiger partial charge in [-0.05, 0) is 29.2 Å². The van der Waals surface area contributed by atoms with E-state index in [1.807, 2.05) is 30.3 Å². The second-order valence-electron chi connectivity index (χ2n) is 5.60. The van der Waals surface area contributed by atoms with Gasteiger partial charge in [-0.3, -0.25) is 4.79 Å². The third kappa shape index (κ3) is 3.10. The molecule has 2 aromatic carbocycles. The van der Waals surface area contributed by atoms with Gasteiger partial charge in [0.1, 0.15) is 5.75 Å².